The first-order chi connectivity index (χ1) is 15.3. The summed E-state index contributed by atoms with van der Waals surface area (Å²) in [7, 11) is 1.54. The maximum absolute atomic E-state index is 13.1. The third-order valence-electron chi connectivity index (χ3n) is 5.71. The normalized spacial score (nSPS) is 17.9. The number of carbonyl (C=O) groups excluding carboxylic acids is 2. The minimum Gasteiger partial charge on any atom is -0.507 e. The van der Waals surface area contributed by atoms with Gasteiger partial charge in [0, 0.05) is 17.6 Å². The molecule has 1 fully saturated rings. The van der Waals surface area contributed by atoms with Crippen molar-refractivity contribution in [2.45, 2.75) is 19.9 Å². The van der Waals surface area contributed by atoms with E-state index in [1.807, 2.05) is 13.8 Å². The molecular weight excluding hydrogens is 476 g/mol. The second-order valence-corrected chi connectivity index (χ2v) is 8.37. The van der Waals surface area contributed by atoms with Gasteiger partial charge >= 0.3 is 0 Å². The van der Waals surface area contributed by atoms with Gasteiger partial charge in [-0.2, -0.15) is 0 Å². The van der Waals surface area contributed by atoms with Crippen LogP contribution in [0, 0.1) is 0 Å². The highest BCUT2D eigenvalue weighted by Crippen LogP contribution is 2.41. The van der Waals surface area contributed by atoms with Crippen molar-refractivity contribution in [3.05, 3.63) is 63.6 Å². The number of halogens is 1. The van der Waals surface area contributed by atoms with Crippen molar-refractivity contribution in [1.82, 2.24) is 9.80 Å². The number of hydrogen-bond acceptors (Lipinski definition) is 6. The summed E-state index contributed by atoms with van der Waals surface area (Å²) in [6.45, 7) is 6.60. The molecule has 0 bridgehead atoms. The molecule has 3 rings (SSSR count). The number of likely N-dealkylation sites (tertiary alicyclic amines) is 1. The summed E-state index contributed by atoms with van der Waals surface area (Å²) in [6.07, 6.45) is 0. The molecule has 7 nitrogen and oxygen atoms in total. The predicted molar refractivity (Wildman–Crippen MR) is 126 cm³/mol. The van der Waals surface area contributed by atoms with Gasteiger partial charge in [0.1, 0.15) is 17.3 Å². The van der Waals surface area contributed by atoms with Crippen molar-refractivity contribution in [2.75, 3.05) is 33.3 Å². The van der Waals surface area contributed by atoms with Crippen LogP contribution in [0.25, 0.3) is 5.76 Å². The zero-order valence-electron chi connectivity index (χ0n) is 18.3. The average Bonchev–Trinajstić information content (AvgIpc) is 3.05. The number of aromatic hydroxyl groups is 1. The molecule has 1 aliphatic heterocycles. The van der Waals surface area contributed by atoms with Crippen LogP contribution in [0.2, 0.25) is 0 Å². The standard InChI is InChI=1S/C24H27BrN2O5/c1-4-26(5-2)11-12-27-21(15-7-6-8-17(13-15)32-3)20(23(30)24(27)31)22(29)18-14-16(25)9-10-19(18)28/h6-10,13-14,21,28-29H,4-5,11-12H2,1-3H3/t21-/m0/s1. The highest BCUT2D eigenvalue weighted by Gasteiger charge is 2.46. The fourth-order valence-electron chi connectivity index (χ4n) is 3.90. The van der Waals surface area contributed by atoms with Crippen LogP contribution in [0.3, 0.4) is 0 Å². The number of likely N-dealkylation sites (N-methyl/N-ethyl adjacent to an activating group) is 1. The number of nitrogens with zero attached hydrogens (tertiary/aromatic N) is 2. The van der Waals surface area contributed by atoms with Crippen LogP contribution in [0.4, 0.5) is 0 Å². The fraction of sp³-hybridized carbons (Fsp3) is 0.333. The van der Waals surface area contributed by atoms with E-state index in [9.17, 15) is 19.8 Å². The molecule has 1 saturated heterocycles. The first-order valence-corrected chi connectivity index (χ1v) is 11.2. The van der Waals surface area contributed by atoms with E-state index in [4.69, 9.17) is 4.74 Å². The monoisotopic (exact) mass is 502 g/mol. The number of amides is 1. The third-order valence-corrected chi connectivity index (χ3v) is 6.21. The number of phenols is 1. The average molecular weight is 503 g/mol. The smallest absolute Gasteiger partial charge is 0.295 e. The van der Waals surface area contributed by atoms with Crippen molar-refractivity contribution < 1.29 is 24.5 Å². The van der Waals surface area contributed by atoms with E-state index >= 15 is 0 Å². The number of carbonyl (C=O) groups is 2. The summed E-state index contributed by atoms with van der Waals surface area (Å²) in [5, 5.41) is 21.4. The largest absolute Gasteiger partial charge is 0.507 e. The van der Waals surface area contributed by atoms with Crippen LogP contribution in [-0.2, 0) is 9.59 Å². The number of Topliss-reactive ketones (excluding diaryl/α,β-unsaturated/α-hetero) is 1. The number of hydrogen-bond donors (Lipinski definition) is 2. The molecule has 8 heteroatoms. The highest BCUT2D eigenvalue weighted by molar-refractivity contribution is 9.10. The van der Waals surface area contributed by atoms with E-state index < -0.39 is 23.5 Å². The Morgan fingerprint density at radius 2 is 1.88 bits per heavy atom. The lowest BCUT2D eigenvalue weighted by molar-refractivity contribution is -0.140. The van der Waals surface area contributed by atoms with Crippen LogP contribution < -0.4 is 4.74 Å². The highest BCUT2D eigenvalue weighted by atomic mass is 79.9. The predicted octanol–water partition coefficient (Wildman–Crippen LogP) is 3.93. The van der Waals surface area contributed by atoms with Gasteiger partial charge in [-0.15, -0.1) is 0 Å². The Morgan fingerprint density at radius 1 is 1.16 bits per heavy atom. The molecule has 0 saturated carbocycles. The Hall–Kier alpha value is -2.84. The number of aliphatic hydroxyl groups excluding tert-OH is 1. The maximum atomic E-state index is 13.1. The summed E-state index contributed by atoms with van der Waals surface area (Å²) in [5.74, 6) is -1.50. The van der Waals surface area contributed by atoms with E-state index in [1.165, 1.54) is 24.1 Å². The van der Waals surface area contributed by atoms with Gasteiger partial charge in [0.2, 0.25) is 0 Å². The summed E-state index contributed by atoms with van der Waals surface area (Å²) < 4.78 is 5.95. The molecule has 32 heavy (non-hydrogen) atoms. The number of benzene rings is 2. The van der Waals surface area contributed by atoms with Crippen molar-refractivity contribution in [3.8, 4) is 11.5 Å². The quantitative estimate of drug-likeness (QED) is 0.323. The van der Waals surface area contributed by atoms with E-state index in [0.29, 0.717) is 28.9 Å². The van der Waals surface area contributed by atoms with E-state index in [-0.39, 0.29) is 16.9 Å². The summed E-state index contributed by atoms with van der Waals surface area (Å²) in [5.41, 5.74) is 0.657. The van der Waals surface area contributed by atoms with Gasteiger partial charge < -0.3 is 24.7 Å². The first kappa shape index (κ1) is 23.8. The zero-order valence-corrected chi connectivity index (χ0v) is 19.9. The number of aliphatic hydroxyl groups is 1. The molecule has 0 aliphatic carbocycles. The number of ether oxygens (including phenoxy) is 1. The molecule has 0 unspecified atom stereocenters. The van der Waals surface area contributed by atoms with E-state index in [1.54, 1.807) is 30.3 Å². The molecule has 1 aliphatic rings. The molecule has 1 atom stereocenters. The molecule has 0 aromatic heterocycles. The fourth-order valence-corrected chi connectivity index (χ4v) is 4.26. The van der Waals surface area contributed by atoms with Gasteiger partial charge in [-0.3, -0.25) is 9.59 Å². The lowest BCUT2D eigenvalue weighted by Gasteiger charge is -2.28. The minimum atomic E-state index is -0.806. The van der Waals surface area contributed by atoms with Crippen LogP contribution in [0.5, 0.6) is 11.5 Å². The van der Waals surface area contributed by atoms with Gasteiger partial charge in [0.25, 0.3) is 11.7 Å². The number of methoxy groups -OCH3 is 1. The molecule has 2 aromatic carbocycles. The second kappa shape index (κ2) is 10.2. The molecule has 2 N–H and O–H groups in total. The van der Waals surface area contributed by atoms with Gasteiger partial charge in [0.05, 0.1) is 24.3 Å². The van der Waals surface area contributed by atoms with Crippen molar-refractivity contribution in [3.63, 3.8) is 0 Å². The number of phenolic OH excluding ortho intramolecular Hbond substituents is 1. The molecular formula is C24H27BrN2O5. The summed E-state index contributed by atoms with van der Waals surface area (Å²) >= 11 is 3.32. The lowest BCUT2D eigenvalue weighted by Crippen LogP contribution is -2.38. The zero-order chi connectivity index (χ0) is 23.4. The van der Waals surface area contributed by atoms with Gasteiger partial charge in [-0.1, -0.05) is 41.9 Å². The summed E-state index contributed by atoms with van der Waals surface area (Å²) in [4.78, 5) is 29.8. The van der Waals surface area contributed by atoms with Crippen LogP contribution >= 0.6 is 15.9 Å². The molecule has 2 aromatic rings. The minimum absolute atomic E-state index is 0.0591. The van der Waals surface area contributed by atoms with Crippen molar-refractivity contribution in [2.24, 2.45) is 0 Å². The van der Waals surface area contributed by atoms with Gasteiger partial charge in [-0.05, 0) is 49.0 Å². The Morgan fingerprint density at radius 3 is 2.53 bits per heavy atom. The number of rotatable bonds is 8. The van der Waals surface area contributed by atoms with Crippen LogP contribution in [-0.4, -0.2) is 65.0 Å². The third kappa shape index (κ3) is 4.66. The Bertz CT molecular complexity index is 1050. The van der Waals surface area contributed by atoms with Crippen LogP contribution in [0.15, 0.2) is 52.5 Å². The molecule has 170 valence electrons. The molecule has 0 spiro atoms. The summed E-state index contributed by atoms with van der Waals surface area (Å²) in [6, 6.07) is 10.8. The Kier molecular flexibility index (Phi) is 7.58. The van der Waals surface area contributed by atoms with Crippen molar-refractivity contribution in [1.29, 1.82) is 0 Å². The van der Waals surface area contributed by atoms with Gasteiger partial charge in [0.15, 0.2) is 0 Å². The van der Waals surface area contributed by atoms with E-state index in [2.05, 4.69) is 20.8 Å². The Balaban J connectivity index is 2.16. The van der Waals surface area contributed by atoms with Crippen molar-refractivity contribution >= 4 is 33.4 Å². The lowest BCUT2D eigenvalue weighted by atomic mass is 9.95. The first-order valence-electron chi connectivity index (χ1n) is 10.5. The molecule has 0 radical (unpaired) electrons. The SMILES string of the molecule is CCN(CC)CCN1C(=O)C(=O)C(=C(O)c2cc(Br)ccc2O)[C@@H]1c1cccc(OC)c1. The van der Waals surface area contributed by atoms with Crippen LogP contribution in [0.1, 0.15) is 31.0 Å². The second-order valence-electron chi connectivity index (χ2n) is 7.46. The maximum Gasteiger partial charge on any atom is 0.295 e. The molecule has 1 amide bonds. The van der Waals surface area contributed by atoms with E-state index in [0.717, 1.165) is 13.1 Å². The molecule has 1 heterocycles. The Labute approximate surface area is 196 Å². The number of ketones is 1. The van der Waals surface area contributed by atoms with Gasteiger partial charge in [-0.25, -0.2) is 0 Å². The topological polar surface area (TPSA) is 90.3 Å².